The number of amides is 1. The number of carbonyl (C=O) groups is 2. The fourth-order valence-electron chi connectivity index (χ4n) is 3.66. The second-order valence-electron chi connectivity index (χ2n) is 6.36. The van der Waals surface area contributed by atoms with Gasteiger partial charge in [-0.3, -0.25) is 14.5 Å². The topological polar surface area (TPSA) is 69.6 Å². The van der Waals surface area contributed by atoms with Crippen LogP contribution in [0.5, 0.6) is 0 Å². The van der Waals surface area contributed by atoms with Crippen LogP contribution < -0.4 is 5.32 Å². The lowest BCUT2D eigenvalue weighted by Crippen LogP contribution is -2.47. The van der Waals surface area contributed by atoms with E-state index in [4.69, 9.17) is 0 Å². The van der Waals surface area contributed by atoms with E-state index in [2.05, 4.69) is 10.2 Å². The van der Waals surface area contributed by atoms with Crippen molar-refractivity contribution in [3.8, 4) is 0 Å². The molecule has 2 atom stereocenters. The molecule has 2 aliphatic heterocycles. The number of piperidine rings is 1. The molecule has 0 saturated carbocycles. The molecule has 0 aromatic heterocycles. The summed E-state index contributed by atoms with van der Waals surface area (Å²) in [5.41, 5.74) is 1.35. The molecule has 2 unspecified atom stereocenters. The predicted octanol–water partition coefficient (Wildman–Crippen LogP) is 1.82. The normalized spacial score (nSPS) is 27.6. The molecule has 1 aromatic rings. The lowest BCUT2D eigenvalue weighted by atomic mass is 10.00. The lowest BCUT2D eigenvalue weighted by Gasteiger charge is -2.36. The van der Waals surface area contributed by atoms with Gasteiger partial charge in [0, 0.05) is 23.3 Å². The summed E-state index contributed by atoms with van der Waals surface area (Å²) < 4.78 is 0. The Kier molecular flexibility index (Phi) is 4.27. The van der Waals surface area contributed by atoms with Crippen molar-refractivity contribution in [2.75, 3.05) is 11.9 Å². The first-order chi connectivity index (χ1) is 10.5. The molecule has 0 spiro atoms. The van der Waals surface area contributed by atoms with Crippen LogP contribution in [0.4, 0.5) is 5.69 Å². The number of nitrogens with zero attached hydrogens (tertiary/aromatic N) is 1. The zero-order valence-electron chi connectivity index (χ0n) is 12.8. The Morgan fingerprint density at radius 2 is 1.77 bits per heavy atom. The van der Waals surface area contributed by atoms with E-state index in [1.54, 1.807) is 24.3 Å². The predicted molar refractivity (Wildman–Crippen MR) is 83.8 cm³/mol. The van der Waals surface area contributed by atoms with Crippen molar-refractivity contribution in [3.63, 3.8) is 0 Å². The monoisotopic (exact) mass is 302 g/mol. The Bertz CT molecular complexity index is 556. The highest BCUT2D eigenvalue weighted by Crippen LogP contribution is 2.35. The van der Waals surface area contributed by atoms with Gasteiger partial charge in [-0.1, -0.05) is 0 Å². The maximum Gasteiger partial charge on any atom is 0.238 e. The largest absolute Gasteiger partial charge is 0.393 e. The average Bonchev–Trinajstić information content (AvgIpc) is 2.70. The highest BCUT2D eigenvalue weighted by atomic mass is 16.3. The van der Waals surface area contributed by atoms with Gasteiger partial charge in [0.2, 0.25) is 5.91 Å². The van der Waals surface area contributed by atoms with Crippen LogP contribution in [0.1, 0.15) is 43.0 Å². The fraction of sp³-hybridized carbons (Fsp3) is 0.529. The van der Waals surface area contributed by atoms with Gasteiger partial charge in [0.1, 0.15) is 0 Å². The first kappa shape index (κ1) is 15.2. The molecule has 2 fully saturated rings. The number of hydrogen-bond donors (Lipinski definition) is 2. The molecule has 1 aromatic carbocycles. The van der Waals surface area contributed by atoms with Crippen molar-refractivity contribution in [1.82, 2.24) is 4.90 Å². The summed E-state index contributed by atoms with van der Waals surface area (Å²) in [5, 5.41) is 12.7. The van der Waals surface area contributed by atoms with Crippen LogP contribution in [0.2, 0.25) is 0 Å². The highest BCUT2D eigenvalue weighted by molar-refractivity contribution is 5.96. The molecule has 5 heteroatoms. The molecule has 3 rings (SSSR count). The van der Waals surface area contributed by atoms with Gasteiger partial charge in [0.15, 0.2) is 5.78 Å². The van der Waals surface area contributed by atoms with E-state index in [0.717, 1.165) is 25.7 Å². The van der Waals surface area contributed by atoms with Crippen molar-refractivity contribution in [1.29, 1.82) is 0 Å². The zero-order chi connectivity index (χ0) is 15.7. The number of nitrogens with one attached hydrogen (secondary N) is 1. The Morgan fingerprint density at radius 3 is 2.32 bits per heavy atom. The van der Waals surface area contributed by atoms with E-state index in [1.165, 1.54) is 6.92 Å². The first-order valence-corrected chi connectivity index (χ1v) is 7.87. The van der Waals surface area contributed by atoms with Crippen molar-refractivity contribution < 1.29 is 14.7 Å². The van der Waals surface area contributed by atoms with E-state index in [-0.39, 0.29) is 17.8 Å². The molecule has 118 valence electrons. The number of anilines is 1. The van der Waals surface area contributed by atoms with Gasteiger partial charge >= 0.3 is 0 Å². The molecule has 2 bridgehead atoms. The van der Waals surface area contributed by atoms with Crippen molar-refractivity contribution in [3.05, 3.63) is 29.8 Å². The number of carbonyl (C=O) groups excluding carboxylic acids is 2. The molecule has 0 radical (unpaired) electrons. The minimum Gasteiger partial charge on any atom is -0.393 e. The Morgan fingerprint density at radius 1 is 1.18 bits per heavy atom. The smallest absolute Gasteiger partial charge is 0.238 e. The van der Waals surface area contributed by atoms with Crippen molar-refractivity contribution in [2.45, 2.75) is 50.8 Å². The van der Waals surface area contributed by atoms with Gasteiger partial charge in [-0.25, -0.2) is 0 Å². The van der Waals surface area contributed by atoms with Gasteiger partial charge < -0.3 is 10.4 Å². The molecule has 2 saturated heterocycles. The van der Waals surface area contributed by atoms with Crippen LogP contribution in [0.15, 0.2) is 24.3 Å². The third kappa shape index (κ3) is 3.20. The summed E-state index contributed by atoms with van der Waals surface area (Å²) in [5.74, 6) is -0.0230. The summed E-state index contributed by atoms with van der Waals surface area (Å²) in [7, 11) is 0. The maximum absolute atomic E-state index is 12.2. The molecule has 5 nitrogen and oxygen atoms in total. The van der Waals surface area contributed by atoms with Crippen LogP contribution in [-0.2, 0) is 4.79 Å². The van der Waals surface area contributed by atoms with Crippen LogP contribution in [0.3, 0.4) is 0 Å². The highest BCUT2D eigenvalue weighted by Gasteiger charge is 2.40. The van der Waals surface area contributed by atoms with E-state index < -0.39 is 0 Å². The molecule has 1 amide bonds. The van der Waals surface area contributed by atoms with Crippen LogP contribution in [0, 0.1) is 0 Å². The molecule has 2 heterocycles. The molecule has 2 N–H and O–H groups in total. The summed E-state index contributed by atoms with van der Waals surface area (Å²) in [6.07, 6.45) is 3.48. The minimum atomic E-state index is -0.212. The van der Waals surface area contributed by atoms with Crippen LogP contribution in [-0.4, -0.2) is 46.4 Å². The van der Waals surface area contributed by atoms with Crippen LogP contribution >= 0.6 is 0 Å². The number of ketones is 1. The van der Waals surface area contributed by atoms with Crippen molar-refractivity contribution in [2.24, 2.45) is 0 Å². The number of Topliss-reactive ketones (excluding diaryl/α,β-unsaturated/α-hetero) is 1. The lowest BCUT2D eigenvalue weighted by molar-refractivity contribution is -0.119. The molecular weight excluding hydrogens is 280 g/mol. The SMILES string of the molecule is CC(=O)c1ccc(NC(=O)CN2C3CCC2CC(O)C3)cc1. The van der Waals surface area contributed by atoms with E-state index in [1.807, 2.05) is 0 Å². The number of aliphatic hydroxyl groups is 1. The number of hydrogen-bond acceptors (Lipinski definition) is 4. The Hall–Kier alpha value is -1.72. The van der Waals surface area contributed by atoms with E-state index in [0.29, 0.717) is 29.9 Å². The minimum absolute atomic E-state index is 0.0151. The second-order valence-corrected chi connectivity index (χ2v) is 6.36. The number of rotatable bonds is 4. The van der Waals surface area contributed by atoms with Gasteiger partial charge in [-0.05, 0) is 56.9 Å². The summed E-state index contributed by atoms with van der Waals surface area (Å²) in [6.45, 7) is 1.89. The van der Waals surface area contributed by atoms with Gasteiger partial charge in [0.25, 0.3) is 0 Å². The number of aliphatic hydroxyl groups excluding tert-OH is 1. The second kappa shape index (κ2) is 6.18. The van der Waals surface area contributed by atoms with Gasteiger partial charge in [-0.15, -0.1) is 0 Å². The first-order valence-electron chi connectivity index (χ1n) is 7.87. The quantitative estimate of drug-likeness (QED) is 0.832. The standard InChI is InChI=1S/C17H22N2O3/c1-11(20)12-2-4-13(5-3-12)18-17(22)10-19-14-6-7-15(19)9-16(21)8-14/h2-5,14-16,21H,6-10H2,1H3,(H,18,22). The summed E-state index contributed by atoms with van der Waals surface area (Å²) >= 11 is 0. The molecular formula is C17H22N2O3. The Balaban J connectivity index is 1.58. The fourth-order valence-corrected chi connectivity index (χ4v) is 3.66. The molecule has 22 heavy (non-hydrogen) atoms. The van der Waals surface area contributed by atoms with Crippen LogP contribution in [0.25, 0.3) is 0 Å². The summed E-state index contributed by atoms with van der Waals surface area (Å²) in [4.78, 5) is 25.7. The summed E-state index contributed by atoms with van der Waals surface area (Å²) in [6, 6.07) is 7.61. The third-order valence-corrected chi connectivity index (χ3v) is 4.76. The maximum atomic E-state index is 12.2. The zero-order valence-corrected chi connectivity index (χ0v) is 12.8. The number of benzene rings is 1. The molecule has 0 aliphatic carbocycles. The van der Waals surface area contributed by atoms with E-state index >= 15 is 0 Å². The van der Waals surface area contributed by atoms with E-state index in [9.17, 15) is 14.7 Å². The molecule has 2 aliphatic rings. The Labute approximate surface area is 130 Å². The van der Waals surface area contributed by atoms with Gasteiger partial charge in [0.05, 0.1) is 12.6 Å². The average molecular weight is 302 g/mol. The van der Waals surface area contributed by atoms with Crippen molar-refractivity contribution >= 4 is 17.4 Å². The third-order valence-electron chi connectivity index (χ3n) is 4.76. The van der Waals surface area contributed by atoms with Gasteiger partial charge in [-0.2, -0.15) is 0 Å². The number of fused-ring (bicyclic) bond motifs is 2.